The fourth-order valence-electron chi connectivity index (χ4n) is 0.639. The van der Waals surface area contributed by atoms with Gasteiger partial charge in [-0.3, -0.25) is 0 Å². The van der Waals surface area contributed by atoms with Crippen LogP contribution in [-0.4, -0.2) is 8.07 Å². The highest BCUT2D eigenvalue weighted by molar-refractivity contribution is 6.87. The van der Waals surface area contributed by atoms with Crippen LogP contribution in [0.3, 0.4) is 0 Å². The van der Waals surface area contributed by atoms with Crippen molar-refractivity contribution in [1.29, 1.82) is 0 Å². The van der Waals surface area contributed by atoms with Crippen LogP contribution in [0.4, 0.5) is 0 Å². The molecule has 0 saturated carbocycles. The molecule has 0 aromatic carbocycles. The van der Waals surface area contributed by atoms with Crippen LogP contribution in [0.15, 0.2) is 16.7 Å². The van der Waals surface area contributed by atoms with E-state index in [4.69, 9.17) is 4.42 Å². The second-order valence-corrected chi connectivity index (χ2v) is 8.10. The van der Waals surface area contributed by atoms with E-state index < -0.39 is 8.07 Å². The number of furan rings is 1. The fraction of sp³-hybridized carbons (Fsp3) is 0.429. The highest BCUT2D eigenvalue weighted by atomic mass is 28.3. The summed E-state index contributed by atoms with van der Waals surface area (Å²) in [5.41, 5.74) is 0. The van der Waals surface area contributed by atoms with E-state index in [-0.39, 0.29) is 0 Å². The molecule has 9 heavy (non-hydrogen) atoms. The minimum atomic E-state index is -1.20. The van der Waals surface area contributed by atoms with Crippen LogP contribution < -0.4 is 5.38 Å². The van der Waals surface area contributed by atoms with Gasteiger partial charge in [-0.05, 0) is 6.07 Å². The second kappa shape index (κ2) is 2.03. The van der Waals surface area contributed by atoms with E-state index in [1.54, 1.807) is 6.26 Å². The smallest absolute Gasteiger partial charge is 0.124 e. The van der Waals surface area contributed by atoms with Gasteiger partial charge in [0.2, 0.25) is 0 Å². The molecule has 0 N–H and O–H groups in total. The van der Waals surface area contributed by atoms with Crippen molar-refractivity contribution in [1.82, 2.24) is 0 Å². The fourth-order valence-corrected chi connectivity index (χ4v) is 1.58. The van der Waals surface area contributed by atoms with Gasteiger partial charge in [-0.2, -0.15) is 0 Å². The normalized spacial score (nSPS) is 11.9. The van der Waals surface area contributed by atoms with Crippen molar-refractivity contribution in [3.63, 3.8) is 0 Å². The molecule has 0 unspecified atom stereocenters. The summed E-state index contributed by atoms with van der Waals surface area (Å²) in [5.74, 6) is 0. The highest BCUT2D eigenvalue weighted by Gasteiger charge is 2.19. The average Bonchev–Trinajstić information content (AvgIpc) is 2.08. The predicted molar refractivity (Wildman–Crippen MR) is 40.5 cm³/mol. The number of rotatable bonds is 1. The zero-order valence-corrected chi connectivity index (χ0v) is 7.06. The molecule has 0 spiro atoms. The molecule has 0 saturated heterocycles. The Kier molecular flexibility index (Phi) is 1.49. The molecule has 2 heteroatoms. The highest BCUT2D eigenvalue weighted by Crippen LogP contribution is 2.00. The largest absolute Gasteiger partial charge is 0.474 e. The molecular weight excluding hydrogens is 128 g/mol. The molecule has 1 aromatic rings. The summed E-state index contributed by atoms with van der Waals surface area (Å²) < 4.78 is 5.20. The first-order valence-corrected chi connectivity index (χ1v) is 6.56. The zero-order chi connectivity index (χ0) is 6.91. The van der Waals surface area contributed by atoms with Crippen LogP contribution in [0.1, 0.15) is 0 Å². The van der Waals surface area contributed by atoms with Crippen LogP contribution in [0.5, 0.6) is 0 Å². The zero-order valence-electron chi connectivity index (χ0n) is 6.06. The summed E-state index contributed by atoms with van der Waals surface area (Å²) in [6, 6.07) is 4.90. The van der Waals surface area contributed by atoms with E-state index in [9.17, 15) is 0 Å². The van der Waals surface area contributed by atoms with Crippen molar-refractivity contribution >= 4 is 13.5 Å². The quantitative estimate of drug-likeness (QED) is 0.539. The van der Waals surface area contributed by atoms with Crippen molar-refractivity contribution in [3.8, 4) is 0 Å². The molecule has 1 radical (unpaired) electrons. The number of hydrogen-bond acceptors (Lipinski definition) is 1. The molecule has 0 bridgehead atoms. The average molecular weight is 139 g/mol. The summed E-state index contributed by atoms with van der Waals surface area (Å²) in [4.78, 5) is 0. The summed E-state index contributed by atoms with van der Waals surface area (Å²) >= 11 is 0. The van der Waals surface area contributed by atoms with E-state index in [1.807, 2.05) is 6.07 Å². The molecule has 0 amide bonds. The summed E-state index contributed by atoms with van der Waals surface area (Å²) in [6.45, 7) is 6.72. The van der Waals surface area contributed by atoms with E-state index in [0.717, 1.165) is 5.38 Å². The van der Waals surface area contributed by atoms with Gasteiger partial charge >= 0.3 is 0 Å². The Morgan fingerprint density at radius 3 is 2.33 bits per heavy atom. The SMILES string of the molecule is C[Si](C)(C)c1[c]cco1. The molecule has 1 rings (SSSR count). The molecule has 1 heterocycles. The Morgan fingerprint density at radius 1 is 1.44 bits per heavy atom. The predicted octanol–water partition coefficient (Wildman–Crippen LogP) is 1.62. The summed E-state index contributed by atoms with van der Waals surface area (Å²) in [7, 11) is -1.20. The van der Waals surface area contributed by atoms with Crippen LogP contribution in [0, 0.1) is 6.07 Å². The first-order chi connectivity index (χ1) is 4.11. The lowest BCUT2D eigenvalue weighted by Crippen LogP contribution is -2.36. The maximum absolute atomic E-state index is 5.20. The Bertz CT molecular complexity index is 171. The monoisotopic (exact) mass is 139 g/mol. The van der Waals surface area contributed by atoms with Gasteiger partial charge in [-0.25, -0.2) is 0 Å². The van der Waals surface area contributed by atoms with Crippen LogP contribution in [0.25, 0.3) is 0 Å². The Morgan fingerprint density at radius 2 is 2.11 bits per heavy atom. The molecule has 0 aliphatic rings. The topological polar surface area (TPSA) is 13.1 Å². The molecule has 0 aliphatic carbocycles. The van der Waals surface area contributed by atoms with Crippen molar-refractivity contribution in [2.75, 3.05) is 0 Å². The lowest BCUT2D eigenvalue weighted by atomic mass is 10.7. The molecule has 0 atom stereocenters. The Labute approximate surface area is 56.7 Å². The number of hydrogen-bond donors (Lipinski definition) is 0. The second-order valence-electron chi connectivity index (χ2n) is 3.14. The van der Waals surface area contributed by atoms with E-state index in [1.165, 1.54) is 0 Å². The van der Waals surface area contributed by atoms with Crippen molar-refractivity contribution in [2.45, 2.75) is 19.6 Å². The minimum Gasteiger partial charge on any atom is -0.474 e. The summed E-state index contributed by atoms with van der Waals surface area (Å²) in [6.07, 6.45) is 1.69. The molecule has 0 fully saturated rings. The van der Waals surface area contributed by atoms with Gasteiger partial charge in [0.25, 0.3) is 0 Å². The maximum atomic E-state index is 5.20. The van der Waals surface area contributed by atoms with Gasteiger partial charge in [-0.15, -0.1) is 0 Å². The van der Waals surface area contributed by atoms with Crippen LogP contribution in [0.2, 0.25) is 19.6 Å². The third-order valence-electron chi connectivity index (χ3n) is 1.15. The van der Waals surface area contributed by atoms with Crippen molar-refractivity contribution in [3.05, 3.63) is 18.4 Å². The van der Waals surface area contributed by atoms with E-state index in [0.29, 0.717) is 0 Å². The maximum Gasteiger partial charge on any atom is 0.124 e. The summed E-state index contributed by atoms with van der Waals surface area (Å²) in [5, 5.41) is 1.06. The van der Waals surface area contributed by atoms with Gasteiger partial charge < -0.3 is 4.42 Å². The van der Waals surface area contributed by atoms with Gasteiger partial charge in [0.15, 0.2) is 0 Å². The van der Waals surface area contributed by atoms with Crippen LogP contribution in [-0.2, 0) is 0 Å². The van der Waals surface area contributed by atoms with E-state index in [2.05, 4.69) is 25.7 Å². The molecule has 1 nitrogen and oxygen atoms in total. The Balaban J connectivity index is 2.90. The molecule has 1 aromatic heterocycles. The molecule has 49 valence electrons. The minimum absolute atomic E-state index is 1.06. The first-order valence-electron chi connectivity index (χ1n) is 3.06. The first kappa shape index (κ1) is 6.61. The van der Waals surface area contributed by atoms with Gasteiger partial charge in [0.05, 0.1) is 11.6 Å². The van der Waals surface area contributed by atoms with Crippen molar-refractivity contribution < 1.29 is 4.42 Å². The Hall–Kier alpha value is -0.503. The van der Waals surface area contributed by atoms with E-state index >= 15 is 0 Å². The van der Waals surface area contributed by atoms with Gasteiger partial charge in [-0.1, -0.05) is 19.6 Å². The third-order valence-corrected chi connectivity index (χ3v) is 2.77. The third kappa shape index (κ3) is 1.45. The van der Waals surface area contributed by atoms with Gasteiger partial charge in [0.1, 0.15) is 8.07 Å². The standard InChI is InChI=1S/C7H11OSi/c1-9(2,3)7-5-4-6-8-7/h4,6H,1-3H3. The molecular formula is C7H11OSi. The lowest BCUT2D eigenvalue weighted by Gasteiger charge is -2.09. The van der Waals surface area contributed by atoms with Gasteiger partial charge in [0, 0.05) is 6.07 Å². The molecule has 0 aliphatic heterocycles. The lowest BCUT2D eigenvalue weighted by molar-refractivity contribution is 0.597. The van der Waals surface area contributed by atoms with Crippen LogP contribution >= 0.6 is 0 Å². The van der Waals surface area contributed by atoms with Crippen molar-refractivity contribution in [2.24, 2.45) is 0 Å².